The van der Waals surface area contributed by atoms with Crippen molar-refractivity contribution in [2.45, 2.75) is 6.54 Å². The lowest BCUT2D eigenvalue weighted by atomic mass is 10.2. The molecule has 128 valence electrons. The van der Waals surface area contributed by atoms with Gasteiger partial charge in [0.1, 0.15) is 6.33 Å². The molecule has 3 aromatic heterocycles. The highest BCUT2D eigenvalue weighted by molar-refractivity contribution is 6.31. The number of hydrazone groups is 1. The second-order valence-corrected chi connectivity index (χ2v) is 5.80. The third-order valence-electron chi connectivity index (χ3n) is 3.65. The zero-order valence-corrected chi connectivity index (χ0v) is 14.2. The summed E-state index contributed by atoms with van der Waals surface area (Å²) in [5, 5.41) is 13.2. The summed E-state index contributed by atoms with van der Waals surface area (Å²) in [7, 11) is 0. The second kappa shape index (κ2) is 7.24. The van der Waals surface area contributed by atoms with E-state index in [4.69, 9.17) is 11.6 Å². The van der Waals surface area contributed by atoms with Gasteiger partial charge in [-0.25, -0.2) is 14.6 Å². The Kier molecular flexibility index (Phi) is 4.48. The van der Waals surface area contributed by atoms with E-state index in [0.29, 0.717) is 28.5 Å². The fourth-order valence-electron chi connectivity index (χ4n) is 2.39. The number of hydrogen-bond donors (Lipinski definition) is 1. The molecule has 4 aromatic rings. The molecule has 0 aliphatic rings. The van der Waals surface area contributed by atoms with Crippen LogP contribution in [0.2, 0.25) is 5.02 Å². The summed E-state index contributed by atoms with van der Waals surface area (Å²) in [6.07, 6.45) is 6.50. The average molecular weight is 365 g/mol. The molecule has 0 aliphatic heterocycles. The van der Waals surface area contributed by atoms with Gasteiger partial charge in [0.2, 0.25) is 0 Å². The van der Waals surface area contributed by atoms with Crippen LogP contribution in [0.1, 0.15) is 11.1 Å². The van der Waals surface area contributed by atoms with Crippen molar-refractivity contribution in [1.29, 1.82) is 0 Å². The van der Waals surface area contributed by atoms with Gasteiger partial charge in [-0.2, -0.15) is 5.10 Å². The van der Waals surface area contributed by atoms with Gasteiger partial charge in [-0.15, -0.1) is 5.10 Å². The van der Waals surface area contributed by atoms with Crippen LogP contribution >= 0.6 is 11.6 Å². The summed E-state index contributed by atoms with van der Waals surface area (Å²) in [4.78, 5) is 12.5. The highest BCUT2D eigenvalue weighted by Crippen LogP contribution is 2.20. The molecule has 0 saturated heterocycles. The Morgan fingerprint density at radius 1 is 1.15 bits per heavy atom. The van der Waals surface area contributed by atoms with E-state index in [9.17, 15) is 0 Å². The molecule has 0 aliphatic carbocycles. The summed E-state index contributed by atoms with van der Waals surface area (Å²) in [6.45, 7) is 0.464. The molecule has 4 rings (SSSR count). The first kappa shape index (κ1) is 16.1. The molecule has 1 N–H and O–H groups in total. The number of pyridine rings is 1. The van der Waals surface area contributed by atoms with Crippen LogP contribution in [0.15, 0.2) is 60.2 Å². The van der Waals surface area contributed by atoms with Gasteiger partial charge >= 0.3 is 0 Å². The summed E-state index contributed by atoms with van der Waals surface area (Å²) in [5.74, 6) is 0.473. The lowest BCUT2D eigenvalue weighted by molar-refractivity contribution is 0.664. The van der Waals surface area contributed by atoms with Gasteiger partial charge in [-0.3, -0.25) is 10.4 Å². The number of fused-ring (bicyclic) bond motifs is 1. The number of halogens is 1. The number of benzene rings is 1. The molecule has 3 heterocycles. The van der Waals surface area contributed by atoms with E-state index in [1.165, 1.54) is 6.33 Å². The predicted molar refractivity (Wildman–Crippen MR) is 99.1 cm³/mol. The van der Waals surface area contributed by atoms with Crippen LogP contribution < -0.4 is 5.43 Å². The van der Waals surface area contributed by atoms with Gasteiger partial charge in [0.15, 0.2) is 17.0 Å². The Balaban J connectivity index is 1.59. The van der Waals surface area contributed by atoms with Gasteiger partial charge < -0.3 is 0 Å². The zero-order chi connectivity index (χ0) is 17.8. The molecule has 0 radical (unpaired) electrons. The molecule has 0 amide bonds. The SMILES string of the molecule is Clc1ccccc1Cn1nnc2c(N/N=C\c3cccnc3)ncnc21. The van der Waals surface area contributed by atoms with Gasteiger partial charge in [0, 0.05) is 23.0 Å². The van der Waals surface area contributed by atoms with Crippen LogP contribution in [0, 0.1) is 0 Å². The molecule has 0 saturated carbocycles. The first-order chi connectivity index (χ1) is 12.8. The summed E-state index contributed by atoms with van der Waals surface area (Å²) < 4.78 is 1.67. The molecule has 9 heteroatoms. The van der Waals surface area contributed by atoms with E-state index < -0.39 is 0 Å². The van der Waals surface area contributed by atoms with Crippen molar-refractivity contribution < 1.29 is 0 Å². The van der Waals surface area contributed by atoms with Crippen molar-refractivity contribution in [2.24, 2.45) is 5.10 Å². The first-order valence-electron chi connectivity index (χ1n) is 7.78. The van der Waals surface area contributed by atoms with Gasteiger partial charge in [0.25, 0.3) is 0 Å². The molecule has 26 heavy (non-hydrogen) atoms. The fraction of sp³-hybridized carbons (Fsp3) is 0.0588. The van der Waals surface area contributed by atoms with E-state index in [0.717, 1.165) is 11.1 Å². The predicted octanol–water partition coefficient (Wildman–Crippen LogP) is 2.76. The van der Waals surface area contributed by atoms with E-state index in [-0.39, 0.29) is 0 Å². The molecule has 0 atom stereocenters. The smallest absolute Gasteiger partial charge is 0.184 e. The minimum absolute atomic E-state index is 0.464. The second-order valence-electron chi connectivity index (χ2n) is 5.39. The number of nitrogens with zero attached hydrogens (tertiary/aromatic N) is 7. The lowest BCUT2D eigenvalue weighted by Gasteiger charge is -2.04. The summed E-state index contributed by atoms with van der Waals surface area (Å²) >= 11 is 6.22. The molecule has 0 bridgehead atoms. The van der Waals surface area contributed by atoms with E-state index >= 15 is 0 Å². The van der Waals surface area contributed by atoms with Gasteiger partial charge in [-0.1, -0.05) is 41.1 Å². The molecule has 0 spiro atoms. The fourth-order valence-corrected chi connectivity index (χ4v) is 2.58. The van der Waals surface area contributed by atoms with Crippen LogP contribution in [-0.2, 0) is 6.54 Å². The van der Waals surface area contributed by atoms with Crippen molar-refractivity contribution in [3.05, 3.63) is 71.3 Å². The Morgan fingerprint density at radius 2 is 2.08 bits per heavy atom. The van der Waals surface area contributed by atoms with Crippen LogP contribution in [0.3, 0.4) is 0 Å². The Labute approximate surface area is 153 Å². The van der Waals surface area contributed by atoms with Crippen LogP contribution in [0.5, 0.6) is 0 Å². The van der Waals surface area contributed by atoms with Crippen molar-refractivity contribution in [1.82, 2.24) is 29.9 Å². The summed E-state index contributed by atoms with van der Waals surface area (Å²) in [6, 6.07) is 11.3. The topological polar surface area (TPSA) is 93.8 Å². The third kappa shape index (κ3) is 3.35. The first-order valence-corrected chi connectivity index (χ1v) is 8.16. The molecular formula is C17H13ClN8. The zero-order valence-electron chi connectivity index (χ0n) is 13.5. The van der Waals surface area contributed by atoms with E-state index in [2.05, 4.69) is 35.8 Å². The minimum Gasteiger partial charge on any atom is -0.264 e. The summed E-state index contributed by atoms with van der Waals surface area (Å²) in [5.41, 5.74) is 5.80. The van der Waals surface area contributed by atoms with Gasteiger partial charge in [-0.05, 0) is 17.7 Å². The lowest BCUT2D eigenvalue weighted by Crippen LogP contribution is -2.04. The molecule has 0 unspecified atom stereocenters. The molecule has 1 aromatic carbocycles. The number of hydrogen-bond acceptors (Lipinski definition) is 7. The maximum Gasteiger partial charge on any atom is 0.184 e. The van der Waals surface area contributed by atoms with E-state index in [1.807, 2.05) is 36.4 Å². The normalized spacial score (nSPS) is 11.3. The maximum absolute atomic E-state index is 6.22. The van der Waals surface area contributed by atoms with Crippen molar-refractivity contribution in [2.75, 3.05) is 5.43 Å². The number of rotatable bonds is 5. The number of aromatic nitrogens is 6. The maximum atomic E-state index is 6.22. The van der Waals surface area contributed by atoms with Crippen molar-refractivity contribution >= 4 is 34.8 Å². The monoisotopic (exact) mass is 364 g/mol. The van der Waals surface area contributed by atoms with Gasteiger partial charge in [0.05, 0.1) is 12.8 Å². The van der Waals surface area contributed by atoms with Crippen molar-refractivity contribution in [3.63, 3.8) is 0 Å². The van der Waals surface area contributed by atoms with Crippen LogP contribution in [-0.4, -0.2) is 36.2 Å². The largest absolute Gasteiger partial charge is 0.264 e. The van der Waals surface area contributed by atoms with Crippen LogP contribution in [0.25, 0.3) is 11.2 Å². The highest BCUT2D eigenvalue weighted by atomic mass is 35.5. The third-order valence-corrected chi connectivity index (χ3v) is 4.02. The number of nitrogens with one attached hydrogen (secondary N) is 1. The highest BCUT2D eigenvalue weighted by Gasteiger charge is 2.12. The standard InChI is InChI=1S/C17H13ClN8/c18-14-6-2-1-5-13(14)10-26-17-15(23-25-26)16(20-11-21-17)24-22-9-12-4-3-7-19-8-12/h1-9,11H,10H2,(H,20,21,24)/b22-9-. The van der Waals surface area contributed by atoms with Crippen molar-refractivity contribution in [3.8, 4) is 0 Å². The Bertz CT molecular complexity index is 1060. The molecule has 0 fully saturated rings. The Morgan fingerprint density at radius 3 is 2.92 bits per heavy atom. The number of anilines is 1. The average Bonchev–Trinajstić information content (AvgIpc) is 3.08. The van der Waals surface area contributed by atoms with E-state index in [1.54, 1.807) is 23.3 Å². The minimum atomic E-state index is 0.464. The Hall–Kier alpha value is -3.39. The molecule has 8 nitrogen and oxygen atoms in total. The van der Waals surface area contributed by atoms with Crippen LogP contribution in [0.4, 0.5) is 5.82 Å². The quantitative estimate of drug-likeness (QED) is 0.432. The molecular weight excluding hydrogens is 352 g/mol.